The summed E-state index contributed by atoms with van der Waals surface area (Å²) >= 11 is 0. The second-order valence-electron chi connectivity index (χ2n) is 7.89. The number of phenols is 3. The summed E-state index contributed by atoms with van der Waals surface area (Å²) in [6, 6.07) is 23.1. The third-order valence-electron chi connectivity index (χ3n) is 5.16. The van der Waals surface area contributed by atoms with Crippen molar-refractivity contribution in [3.63, 3.8) is 0 Å². The monoisotopic (exact) mass is 427 g/mol. The Morgan fingerprint density at radius 2 is 1.12 bits per heavy atom. The molecule has 0 heterocycles. The summed E-state index contributed by atoms with van der Waals surface area (Å²) in [6.07, 6.45) is 0. The molecule has 0 saturated heterocycles. The van der Waals surface area contributed by atoms with Gasteiger partial charge in [0.2, 0.25) is 0 Å². The summed E-state index contributed by atoms with van der Waals surface area (Å²) in [5.41, 5.74) is 4.63. The zero-order chi connectivity index (χ0) is 22.8. The Morgan fingerprint density at radius 1 is 0.594 bits per heavy atom. The Labute approximate surface area is 187 Å². The lowest BCUT2D eigenvalue weighted by Gasteiger charge is -2.27. The van der Waals surface area contributed by atoms with Crippen LogP contribution < -0.4 is 9.64 Å². The summed E-state index contributed by atoms with van der Waals surface area (Å²) in [5.74, 6) is 1.07. The topological polar surface area (TPSA) is 73.2 Å². The lowest BCUT2D eigenvalue weighted by atomic mass is 10.1. The molecule has 0 saturated carbocycles. The van der Waals surface area contributed by atoms with Gasteiger partial charge in [0.25, 0.3) is 0 Å². The summed E-state index contributed by atoms with van der Waals surface area (Å²) in [7, 11) is 0. The largest absolute Gasteiger partial charge is 0.506 e. The van der Waals surface area contributed by atoms with Crippen molar-refractivity contribution in [3.05, 3.63) is 95.6 Å². The third-order valence-corrected chi connectivity index (χ3v) is 5.16. The number of anilines is 3. The van der Waals surface area contributed by atoms with Gasteiger partial charge in [0, 0.05) is 6.07 Å². The molecule has 0 fully saturated rings. The van der Waals surface area contributed by atoms with Crippen LogP contribution in [-0.2, 0) is 0 Å². The summed E-state index contributed by atoms with van der Waals surface area (Å²) < 4.78 is 5.96. The number of rotatable bonds is 5. The maximum Gasteiger partial charge on any atom is 0.169 e. The van der Waals surface area contributed by atoms with Crippen molar-refractivity contribution in [3.8, 4) is 28.7 Å². The third kappa shape index (κ3) is 4.32. The average molecular weight is 428 g/mol. The number of aryl methyl sites for hydroxylation is 3. The van der Waals surface area contributed by atoms with E-state index < -0.39 is 0 Å². The number of nitrogens with zero attached hydrogens (tertiary/aromatic N) is 1. The van der Waals surface area contributed by atoms with Crippen LogP contribution in [0.25, 0.3) is 0 Å². The van der Waals surface area contributed by atoms with Gasteiger partial charge in [-0.25, -0.2) is 0 Å². The van der Waals surface area contributed by atoms with Crippen molar-refractivity contribution in [1.82, 2.24) is 0 Å². The molecule has 0 spiro atoms. The minimum atomic E-state index is 0.0468. The van der Waals surface area contributed by atoms with Crippen molar-refractivity contribution in [2.24, 2.45) is 0 Å². The molecule has 0 unspecified atom stereocenters. The van der Waals surface area contributed by atoms with Gasteiger partial charge in [0.1, 0.15) is 17.2 Å². The van der Waals surface area contributed by atoms with Gasteiger partial charge in [-0.3, -0.25) is 0 Å². The second-order valence-corrected chi connectivity index (χ2v) is 7.89. The lowest BCUT2D eigenvalue weighted by Crippen LogP contribution is -2.11. The number of hydrogen-bond acceptors (Lipinski definition) is 5. The summed E-state index contributed by atoms with van der Waals surface area (Å²) in [4.78, 5) is 1.79. The molecule has 4 rings (SSSR count). The summed E-state index contributed by atoms with van der Waals surface area (Å²) in [5, 5.41) is 31.5. The maximum absolute atomic E-state index is 10.7. The van der Waals surface area contributed by atoms with Crippen molar-refractivity contribution in [1.29, 1.82) is 0 Å². The highest BCUT2D eigenvalue weighted by molar-refractivity contribution is 5.83. The van der Waals surface area contributed by atoms with Crippen LogP contribution in [0.4, 0.5) is 17.1 Å². The lowest BCUT2D eigenvalue weighted by molar-refractivity contribution is 0.411. The van der Waals surface area contributed by atoms with E-state index in [9.17, 15) is 15.3 Å². The van der Waals surface area contributed by atoms with E-state index in [0.29, 0.717) is 28.6 Å². The van der Waals surface area contributed by atoms with E-state index in [4.69, 9.17) is 4.74 Å². The predicted molar refractivity (Wildman–Crippen MR) is 127 cm³/mol. The minimum absolute atomic E-state index is 0.0468. The standard InChI is InChI=1S/C27H25NO4/c1-17-7-10-24(29)22(13-17)28(23-14-18(2)8-11-25(23)30)20-5-4-6-21(16-20)32-27-15-19(3)9-12-26(27)31/h4-16,29-31H,1-3H3. The van der Waals surface area contributed by atoms with Crippen LogP contribution in [0.15, 0.2) is 78.9 Å². The molecule has 0 aliphatic heterocycles. The molecular formula is C27H25NO4. The molecule has 5 nitrogen and oxygen atoms in total. The van der Waals surface area contributed by atoms with Crippen LogP contribution in [0.3, 0.4) is 0 Å². The van der Waals surface area contributed by atoms with Crippen LogP contribution >= 0.6 is 0 Å². The Hall–Kier alpha value is -4.12. The van der Waals surface area contributed by atoms with Gasteiger partial charge in [0.05, 0.1) is 17.1 Å². The highest BCUT2D eigenvalue weighted by Gasteiger charge is 2.20. The number of benzene rings is 4. The van der Waals surface area contributed by atoms with E-state index in [1.165, 1.54) is 0 Å². The Kier molecular flexibility index (Phi) is 5.65. The fourth-order valence-electron chi connectivity index (χ4n) is 3.55. The van der Waals surface area contributed by atoms with Gasteiger partial charge < -0.3 is 25.0 Å². The summed E-state index contributed by atoms with van der Waals surface area (Å²) in [6.45, 7) is 5.81. The highest BCUT2D eigenvalue weighted by Crippen LogP contribution is 2.45. The van der Waals surface area contributed by atoms with E-state index in [2.05, 4.69) is 0 Å². The number of ether oxygens (including phenoxy) is 1. The molecule has 0 amide bonds. The fourth-order valence-corrected chi connectivity index (χ4v) is 3.55. The normalized spacial score (nSPS) is 10.7. The zero-order valence-electron chi connectivity index (χ0n) is 18.2. The van der Waals surface area contributed by atoms with Crippen molar-refractivity contribution < 1.29 is 20.1 Å². The molecule has 0 aromatic heterocycles. The number of aromatic hydroxyl groups is 3. The molecule has 0 aliphatic carbocycles. The van der Waals surface area contributed by atoms with E-state index >= 15 is 0 Å². The quantitative estimate of drug-likeness (QED) is 0.320. The van der Waals surface area contributed by atoms with Crippen LogP contribution in [-0.4, -0.2) is 15.3 Å². The van der Waals surface area contributed by atoms with Gasteiger partial charge in [-0.1, -0.05) is 24.3 Å². The van der Waals surface area contributed by atoms with Gasteiger partial charge in [-0.05, 0) is 86.0 Å². The molecule has 0 radical (unpaired) electrons. The van der Waals surface area contributed by atoms with Gasteiger partial charge in [-0.15, -0.1) is 0 Å². The van der Waals surface area contributed by atoms with E-state index in [0.717, 1.165) is 16.7 Å². The maximum atomic E-state index is 10.7. The average Bonchev–Trinajstić information content (AvgIpc) is 2.76. The van der Waals surface area contributed by atoms with Crippen molar-refractivity contribution in [2.75, 3.05) is 4.90 Å². The SMILES string of the molecule is Cc1ccc(O)c(Oc2cccc(N(c3cc(C)ccc3O)c3cc(C)ccc3O)c2)c1. The predicted octanol–water partition coefficient (Wildman–Crippen LogP) is 6.99. The van der Waals surface area contributed by atoms with Crippen molar-refractivity contribution in [2.45, 2.75) is 20.8 Å². The Balaban J connectivity index is 1.85. The molecule has 4 aromatic carbocycles. The molecular weight excluding hydrogens is 402 g/mol. The van der Waals surface area contributed by atoms with E-state index in [-0.39, 0.29) is 17.2 Å². The molecule has 4 aromatic rings. The first-order valence-corrected chi connectivity index (χ1v) is 10.3. The molecule has 162 valence electrons. The van der Waals surface area contributed by atoms with Crippen molar-refractivity contribution >= 4 is 17.1 Å². The van der Waals surface area contributed by atoms with Gasteiger partial charge >= 0.3 is 0 Å². The van der Waals surface area contributed by atoms with E-state index in [1.54, 1.807) is 47.4 Å². The molecule has 3 N–H and O–H groups in total. The molecule has 0 aliphatic rings. The smallest absolute Gasteiger partial charge is 0.169 e. The molecule has 0 bridgehead atoms. The van der Waals surface area contributed by atoms with Crippen LogP contribution in [0, 0.1) is 20.8 Å². The van der Waals surface area contributed by atoms with Crippen LogP contribution in [0.2, 0.25) is 0 Å². The minimum Gasteiger partial charge on any atom is -0.506 e. The van der Waals surface area contributed by atoms with Crippen LogP contribution in [0.1, 0.15) is 16.7 Å². The molecule has 32 heavy (non-hydrogen) atoms. The second kappa shape index (κ2) is 8.55. The number of phenolic OH excluding ortho intramolecular Hbond substituents is 3. The first-order chi connectivity index (χ1) is 15.3. The van der Waals surface area contributed by atoms with Gasteiger partial charge in [-0.2, -0.15) is 0 Å². The molecule has 5 heteroatoms. The van der Waals surface area contributed by atoms with Crippen LogP contribution in [0.5, 0.6) is 28.7 Å². The fraction of sp³-hybridized carbons (Fsp3) is 0.111. The van der Waals surface area contributed by atoms with Gasteiger partial charge in [0.15, 0.2) is 11.5 Å². The number of hydrogen-bond donors (Lipinski definition) is 3. The first-order valence-electron chi connectivity index (χ1n) is 10.3. The Morgan fingerprint density at radius 3 is 1.72 bits per heavy atom. The Bertz CT molecular complexity index is 1230. The molecule has 0 atom stereocenters. The highest BCUT2D eigenvalue weighted by atomic mass is 16.5. The first kappa shape index (κ1) is 21.1. The zero-order valence-corrected chi connectivity index (χ0v) is 18.2. The van der Waals surface area contributed by atoms with E-state index in [1.807, 2.05) is 57.2 Å².